The van der Waals surface area contributed by atoms with Crippen LogP contribution < -0.4 is 10.6 Å². The molecule has 9 heteroatoms. The van der Waals surface area contributed by atoms with E-state index in [1.165, 1.54) is 0 Å². The topological polar surface area (TPSA) is 120 Å². The van der Waals surface area contributed by atoms with E-state index in [-0.39, 0.29) is 25.4 Å². The van der Waals surface area contributed by atoms with Crippen LogP contribution in [0.3, 0.4) is 0 Å². The van der Waals surface area contributed by atoms with Crippen LogP contribution in [-0.4, -0.2) is 47.2 Å². The monoisotopic (exact) mass is 492 g/mol. The summed E-state index contributed by atoms with van der Waals surface area (Å²) in [5.41, 5.74) is -0.689. The number of hydrogen-bond acceptors (Lipinski definition) is 7. The lowest BCUT2D eigenvalue weighted by atomic mass is 10.0. The van der Waals surface area contributed by atoms with E-state index in [2.05, 4.69) is 10.6 Å². The van der Waals surface area contributed by atoms with Gasteiger partial charge in [-0.15, -0.1) is 0 Å². The molecule has 0 aliphatic carbocycles. The minimum absolute atomic E-state index is 0.0279. The smallest absolute Gasteiger partial charge is 0.408 e. The summed E-state index contributed by atoms with van der Waals surface area (Å²) < 4.78 is 16.0. The van der Waals surface area contributed by atoms with Gasteiger partial charge in [0, 0.05) is 6.42 Å². The molecule has 0 spiro atoms. The van der Waals surface area contributed by atoms with Gasteiger partial charge in [0.2, 0.25) is 5.91 Å². The van der Waals surface area contributed by atoms with Crippen LogP contribution in [0.2, 0.25) is 0 Å². The molecule has 9 nitrogen and oxygen atoms in total. The van der Waals surface area contributed by atoms with Gasteiger partial charge >= 0.3 is 18.0 Å². The van der Waals surface area contributed by atoms with Crippen molar-refractivity contribution < 1.29 is 33.4 Å². The summed E-state index contributed by atoms with van der Waals surface area (Å²) in [4.78, 5) is 50.1. The highest BCUT2D eigenvalue weighted by Crippen LogP contribution is 2.14. The molecule has 0 saturated heterocycles. The Kier molecular flexibility index (Phi) is 11.2. The fourth-order valence-electron chi connectivity index (χ4n) is 2.91. The Bertz CT molecular complexity index is 855. The van der Waals surface area contributed by atoms with E-state index in [1.807, 2.05) is 18.2 Å². The highest BCUT2D eigenvalue weighted by molar-refractivity contribution is 5.86. The maximum Gasteiger partial charge on any atom is 0.408 e. The number of nitrogens with one attached hydrogen (secondary N) is 2. The zero-order valence-corrected chi connectivity index (χ0v) is 22.1. The van der Waals surface area contributed by atoms with Gasteiger partial charge in [-0.2, -0.15) is 0 Å². The third-order valence-electron chi connectivity index (χ3n) is 4.50. The number of esters is 2. The zero-order chi connectivity index (χ0) is 26.8. The molecule has 0 bridgehead atoms. The molecule has 0 fully saturated rings. The molecule has 2 N–H and O–H groups in total. The highest BCUT2D eigenvalue weighted by atomic mass is 16.6. The third kappa shape index (κ3) is 12.8. The van der Waals surface area contributed by atoms with Crippen molar-refractivity contribution in [2.45, 2.75) is 98.1 Å². The average molecular weight is 493 g/mol. The number of ether oxygens (including phenoxy) is 3. The van der Waals surface area contributed by atoms with Gasteiger partial charge in [-0.3, -0.25) is 4.79 Å². The van der Waals surface area contributed by atoms with Crippen molar-refractivity contribution >= 4 is 23.9 Å². The molecule has 196 valence electrons. The molecule has 0 unspecified atom stereocenters. The number of amides is 2. The summed E-state index contributed by atoms with van der Waals surface area (Å²) in [5, 5.41) is 5.16. The van der Waals surface area contributed by atoms with Crippen LogP contribution in [0.25, 0.3) is 0 Å². The van der Waals surface area contributed by atoms with E-state index >= 15 is 0 Å². The Hall–Kier alpha value is -3.10. The maximum absolute atomic E-state index is 12.7. The molecular weight excluding hydrogens is 452 g/mol. The van der Waals surface area contributed by atoms with Gasteiger partial charge in [0.05, 0.1) is 0 Å². The Balaban J connectivity index is 2.79. The van der Waals surface area contributed by atoms with Crippen molar-refractivity contribution in [2.24, 2.45) is 5.92 Å². The molecule has 0 heterocycles. The summed E-state index contributed by atoms with van der Waals surface area (Å²) in [6.07, 6.45) is -0.978. The SMILES string of the molecule is CC(C)[C@H](NC(=O)CC[C@H](NC(=O)OCc1ccccc1)C(=O)OC(C)(C)C)C(=O)OC(C)(C)C. The zero-order valence-electron chi connectivity index (χ0n) is 22.1. The molecule has 1 aromatic rings. The summed E-state index contributed by atoms with van der Waals surface area (Å²) in [6, 6.07) is 7.14. The Labute approximate surface area is 208 Å². The minimum atomic E-state index is -1.11. The van der Waals surface area contributed by atoms with Crippen LogP contribution in [0.4, 0.5) is 4.79 Å². The Morgan fingerprint density at radius 2 is 1.37 bits per heavy atom. The van der Waals surface area contributed by atoms with E-state index in [9.17, 15) is 19.2 Å². The van der Waals surface area contributed by atoms with Crippen molar-refractivity contribution in [3.8, 4) is 0 Å². The maximum atomic E-state index is 12.7. The van der Waals surface area contributed by atoms with Crippen LogP contribution in [0.1, 0.15) is 73.8 Å². The van der Waals surface area contributed by atoms with Crippen LogP contribution >= 0.6 is 0 Å². The lowest BCUT2D eigenvalue weighted by Crippen LogP contribution is -2.48. The molecule has 2 amide bonds. The first kappa shape index (κ1) is 29.9. The molecule has 1 rings (SSSR count). The van der Waals surface area contributed by atoms with E-state index in [1.54, 1.807) is 67.5 Å². The molecule has 35 heavy (non-hydrogen) atoms. The van der Waals surface area contributed by atoms with E-state index < -0.39 is 47.2 Å². The van der Waals surface area contributed by atoms with Gasteiger partial charge in [-0.25, -0.2) is 14.4 Å². The van der Waals surface area contributed by atoms with Crippen LogP contribution in [0.15, 0.2) is 30.3 Å². The minimum Gasteiger partial charge on any atom is -0.458 e. The number of hydrogen-bond donors (Lipinski definition) is 2. The standard InChI is InChI=1S/C26H40N2O7/c1-17(2)21(23(31)35-26(6,7)8)28-20(29)15-14-19(22(30)34-25(3,4)5)27-24(32)33-16-18-12-10-9-11-13-18/h9-13,17,19,21H,14-16H2,1-8H3,(H,27,32)(H,28,29)/t19-,21-/m0/s1. The fraction of sp³-hybridized carbons (Fsp3) is 0.615. The molecule has 2 atom stereocenters. The summed E-state index contributed by atoms with van der Waals surface area (Å²) in [6.45, 7) is 14.0. The molecular formula is C26H40N2O7. The van der Waals surface area contributed by atoms with Crippen LogP contribution in [0, 0.1) is 5.92 Å². The van der Waals surface area contributed by atoms with Gasteiger partial charge in [-0.05, 0) is 59.4 Å². The predicted molar refractivity (Wildman–Crippen MR) is 131 cm³/mol. The molecule has 0 aromatic heterocycles. The van der Waals surface area contributed by atoms with Crippen molar-refractivity contribution in [1.29, 1.82) is 0 Å². The number of benzene rings is 1. The predicted octanol–water partition coefficient (Wildman–Crippen LogP) is 3.89. The lowest BCUT2D eigenvalue weighted by Gasteiger charge is -2.27. The van der Waals surface area contributed by atoms with Crippen molar-refractivity contribution in [3.05, 3.63) is 35.9 Å². The number of rotatable bonds is 10. The third-order valence-corrected chi connectivity index (χ3v) is 4.50. The van der Waals surface area contributed by atoms with E-state index in [4.69, 9.17) is 14.2 Å². The summed E-state index contributed by atoms with van der Waals surface area (Å²) >= 11 is 0. The first-order valence-electron chi connectivity index (χ1n) is 11.8. The molecule has 0 aliphatic rings. The molecule has 0 saturated carbocycles. The van der Waals surface area contributed by atoms with Gasteiger partial charge in [0.15, 0.2) is 0 Å². The Morgan fingerprint density at radius 1 is 0.829 bits per heavy atom. The van der Waals surface area contributed by atoms with Crippen LogP contribution in [0.5, 0.6) is 0 Å². The van der Waals surface area contributed by atoms with Gasteiger partial charge in [0.1, 0.15) is 29.9 Å². The number of alkyl carbamates (subject to hydrolysis) is 1. The van der Waals surface area contributed by atoms with Crippen molar-refractivity contribution in [1.82, 2.24) is 10.6 Å². The average Bonchev–Trinajstić information content (AvgIpc) is 2.71. The summed E-state index contributed by atoms with van der Waals surface area (Å²) in [7, 11) is 0. The number of carbonyl (C=O) groups is 4. The van der Waals surface area contributed by atoms with Gasteiger partial charge < -0.3 is 24.8 Å². The second-order valence-electron chi connectivity index (χ2n) is 10.7. The quantitative estimate of drug-likeness (QED) is 0.376. The highest BCUT2D eigenvalue weighted by Gasteiger charge is 2.31. The van der Waals surface area contributed by atoms with Gasteiger partial charge in [0.25, 0.3) is 0 Å². The first-order chi connectivity index (χ1) is 16.1. The van der Waals surface area contributed by atoms with E-state index in [0.29, 0.717) is 0 Å². The van der Waals surface area contributed by atoms with Crippen molar-refractivity contribution in [2.75, 3.05) is 0 Å². The molecule has 0 aliphatic heterocycles. The normalized spacial score (nSPS) is 13.4. The summed E-state index contributed by atoms with van der Waals surface area (Å²) in [5.74, 6) is -1.88. The largest absolute Gasteiger partial charge is 0.458 e. The fourth-order valence-corrected chi connectivity index (χ4v) is 2.91. The molecule has 0 radical (unpaired) electrons. The Morgan fingerprint density at radius 3 is 1.89 bits per heavy atom. The lowest BCUT2D eigenvalue weighted by molar-refractivity contribution is -0.160. The second kappa shape index (κ2) is 13.1. The first-order valence-corrected chi connectivity index (χ1v) is 11.8. The van der Waals surface area contributed by atoms with Crippen LogP contribution in [-0.2, 0) is 35.2 Å². The molecule has 1 aromatic carbocycles. The van der Waals surface area contributed by atoms with Gasteiger partial charge in [-0.1, -0.05) is 44.2 Å². The number of carbonyl (C=O) groups excluding carboxylic acids is 4. The van der Waals surface area contributed by atoms with Crippen molar-refractivity contribution in [3.63, 3.8) is 0 Å². The van der Waals surface area contributed by atoms with E-state index in [0.717, 1.165) is 5.56 Å². The second-order valence-corrected chi connectivity index (χ2v) is 10.7.